The lowest BCUT2D eigenvalue weighted by molar-refractivity contribution is -0.129. The molecule has 1 aliphatic rings. The van der Waals surface area contributed by atoms with E-state index in [1.807, 2.05) is 38.1 Å². The van der Waals surface area contributed by atoms with Crippen molar-refractivity contribution in [2.75, 3.05) is 20.3 Å². The summed E-state index contributed by atoms with van der Waals surface area (Å²) < 4.78 is 10.7. The standard InChI is InChI=1S/C16H24N2O3/c1-11(9-13-5-4-6-14(10-13)20-3)18-16(19)15-12(2)21-8-7-17-15/h4-6,10-12,15,17H,7-9H2,1-3H3,(H,18,19)/t11?,12-,15+/m1/s1. The summed E-state index contributed by atoms with van der Waals surface area (Å²) in [6.07, 6.45) is 0.674. The first-order chi connectivity index (χ1) is 10.1. The maximum atomic E-state index is 12.3. The normalized spacial score (nSPS) is 23.4. The van der Waals surface area contributed by atoms with Crippen molar-refractivity contribution in [2.45, 2.75) is 38.5 Å². The van der Waals surface area contributed by atoms with Crippen LogP contribution in [0.25, 0.3) is 0 Å². The van der Waals surface area contributed by atoms with Crippen molar-refractivity contribution >= 4 is 5.91 Å². The van der Waals surface area contributed by atoms with Gasteiger partial charge in [-0.25, -0.2) is 0 Å². The topological polar surface area (TPSA) is 59.6 Å². The molecule has 0 spiro atoms. The molecule has 1 fully saturated rings. The third-order valence-electron chi connectivity index (χ3n) is 3.66. The predicted octanol–water partition coefficient (Wildman–Crippen LogP) is 1.12. The SMILES string of the molecule is COc1cccc(CC(C)NC(=O)[C@H]2NCCO[C@@H]2C)c1. The van der Waals surface area contributed by atoms with Gasteiger partial charge in [0, 0.05) is 12.6 Å². The number of hydrogen-bond acceptors (Lipinski definition) is 4. The minimum absolute atomic E-state index is 0.00223. The summed E-state index contributed by atoms with van der Waals surface area (Å²) in [5.74, 6) is 0.833. The average molecular weight is 292 g/mol. The number of carbonyl (C=O) groups is 1. The van der Waals surface area contributed by atoms with E-state index in [0.717, 1.165) is 17.7 Å². The Labute approximate surface area is 126 Å². The lowest BCUT2D eigenvalue weighted by Crippen LogP contribution is -2.56. The number of hydrogen-bond donors (Lipinski definition) is 2. The third kappa shape index (κ3) is 4.44. The Morgan fingerprint density at radius 2 is 2.38 bits per heavy atom. The van der Waals surface area contributed by atoms with Crippen molar-refractivity contribution in [1.29, 1.82) is 0 Å². The van der Waals surface area contributed by atoms with Gasteiger partial charge in [-0.3, -0.25) is 4.79 Å². The number of nitrogens with one attached hydrogen (secondary N) is 2. The van der Waals surface area contributed by atoms with Gasteiger partial charge in [0.25, 0.3) is 0 Å². The van der Waals surface area contributed by atoms with Crippen molar-refractivity contribution in [1.82, 2.24) is 10.6 Å². The zero-order valence-corrected chi connectivity index (χ0v) is 12.9. The Balaban J connectivity index is 1.88. The molecule has 3 atom stereocenters. The van der Waals surface area contributed by atoms with Crippen LogP contribution >= 0.6 is 0 Å². The van der Waals surface area contributed by atoms with E-state index in [4.69, 9.17) is 9.47 Å². The van der Waals surface area contributed by atoms with Crippen molar-refractivity contribution in [3.05, 3.63) is 29.8 Å². The molecular formula is C16H24N2O3. The molecule has 1 amide bonds. The first-order valence-electron chi connectivity index (χ1n) is 7.38. The molecule has 1 heterocycles. The molecule has 1 saturated heterocycles. The summed E-state index contributed by atoms with van der Waals surface area (Å²) in [6, 6.07) is 7.69. The van der Waals surface area contributed by atoms with E-state index in [-0.39, 0.29) is 24.1 Å². The zero-order valence-electron chi connectivity index (χ0n) is 12.9. The van der Waals surface area contributed by atoms with Crippen LogP contribution in [-0.2, 0) is 16.0 Å². The van der Waals surface area contributed by atoms with E-state index in [1.54, 1.807) is 7.11 Å². The van der Waals surface area contributed by atoms with E-state index in [9.17, 15) is 4.79 Å². The highest BCUT2D eigenvalue weighted by molar-refractivity contribution is 5.82. The molecule has 0 saturated carbocycles. The molecule has 0 aliphatic carbocycles. The summed E-state index contributed by atoms with van der Waals surface area (Å²) in [5.41, 5.74) is 1.14. The van der Waals surface area contributed by atoms with Gasteiger partial charge in [-0.15, -0.1) is 0 Å². The second kappa shape index (κ2) is 7.43. The molecule has 21 heavy (non-hydrogen) atoms. The molecule has 1 aliphatic heterocycles. The fraction of sp³-hybridized carbons (Fsp3) is 0.562. The van der Waals surface area contributed by atoms with Gasteiger partial charge in [0.05, 0.1) is 19.8 Å². The lowest BCUT2D eigenvalue weighted by Gasteiger charge is -2.30. The van der Waals surface area contributed by atoms with Crippen molar-refractivity contribution in [3.8, 4) is 5.75 Å². The van der Waals surface area contributed by atoms with Gasteiger partial charge in [0.15, 0.2) is 0 Å². The highest BCUT2D eigenvalue weighted by Crippen LogP contribution is 2.14. The minimum Gasteiger partial charge on any atom is -0.497 e. The molecule has 116 valence electrons. The molecule has 1 unspecified atom stereocenters. The van der Waals surface area contributed by atoms with Gasteiger partial charge in [0.2, 0.25) is 5.91 Å². The second-order valence-corrected chi connectivity index (χ2v) is 5.47. The summed E-state index contributed by atoms with van der Waals surface area (Å²) >= 11 is 0. The Bertz CT molecular complexity index is 478. The van der Waals surface area contributed by atoms with E-state index in [0.29, 0.717) is 13.2 Å². The molecule has 2 rings (SSSR count). The number of rotatable bonds is 5. The van der Waals surface area contributed by atoms with Gasteiger partial charge >= 0.3 is 0 Å². The number of morpholine rings is 1. The predicted molar refractivity (Wildman–Crippen MR) is 81.5 cm³/mol. The molecule has 5 heteroatoms. The minimum atomic E-state index is -0.272. The molecule has 0 radical (unpaired) electrons. The molecule has 1 aromatic carbocycles. The molecule has 0 bridgehead atoms. The van der Waals surface area contributed by atoms with Crippen molar-refractivity contribution < 1.29 is 14.3 Å². The van der Waals surface area contributed by atoms with E-state index in [1.165, 1.54) is 0 Å². The molecule has 1 aromatic rings. The molecule has 2 N–H and O–H groups in total. The smallest absolute Gasteiger partial charge is 0.240 e. The summed E-state index contributed by atoms with van der Waals surface area (Å²) in [7, 11) is 1.65. The van der Waals surface area contributed by atoms with Crippen LogP contribution in [0.15, 0.2) is 24.3 Å². The largest absolute Gasteiger partial charge is 0.497 e. The highest BCUT2D eigenvalue weighted by Gasteiger charge is 2.28. The van der Waals surface area contributed by atoms with Gasteiger partial charge in [-0.05, 0) is 38.0 Å². The van der Waals surface area contributed by atoms with Crippen LogP contribution in [0.2, 0.25) is 0 Å². The van der Waals surface area contributed by atoms with E-state index in [2.05, 4.69) is 10.6 Å². The van der Waals surface area contributed by atoms with Gasteiger partial charge < -0.3 is 20.1 Å². The lowest BCUT2D eigenvalue weighted by atomic mass is 10.1. The summed E-state index contributed by atoms with van der Waals surface area (Å²) in [4.78, 5) is 12.3. The molecular weight excluding hydrogens is 268 g/mol. The number of amides is 1. The number of carbonyl (C=O) groups excluding carboxylic acids is 1. The van der Waals surface area contributed by atoms with Gasteiger partial charge in [-0.2, -0.15) is 0 Å². The van der Waals surface area contributed by atoms with Crippen molar-refractivity contribution in [3.63, 3.8) is 0 Å². The van der Waals surface area contributed by atoms with Crippen LogP contribution in [0.1, 0.15) is 19.4 Å². The van der Waals surface area contributed by atoms with Gasteiger partial charge in [0.1, 0.15) is 11.8 Å². The number of methoxy groups -OCH3 is 1. The molecule has 5 nitrogen and oxygen atoms in total. The second-order valence-electron chi connectivity index (χ2n) is 5.47. The van der Waals surface area contributed by atoms with Crippen LogP contribution in [-0.4, -0.2) is 44.4 Å². The Kier molecular flexibility index (Phi) is 5.59. The van der Waals surface area contributed by atoms with Crippen LogP contribution in [0.3, 0.4) is 0 Å². The Morgan fingerprint density at radius 1 is 1.57 bits per heavy atom. The maximum Gasteiger partial charge on any atom is 0.240 e. The zero-order chi connectivity index (χ0) is 15.2. The first kappa shape index (κ1) is 15.8. The molecule has 0 aromatic heterocycles. The highest BCUT2D eigenvalue weighted by atomic mass is 16.5. The average Bonchev–Trinajstić information content (AvgIpc) is 2.47. The fourth-order valence-corrected chi connectivity index (χ4v) is 2.56. The van der Waals surface area contributed by atoms with Crippen LogP contribution in [0.5, 0.6) is 5.75 Å². The quantitative estimate of drug-likeness (QED) is 0.854. The number of benzene rings is 1. The summed E-state index contributed by atoms with van der Waals surface area (Å²) in [6.45, 7) is 5.30. The Hall–Kier alpha value is -1.59. The third-order valence-corrected chi connectivity index (χ3v) is 3.66. The van der Waals surface area contributed by atoms with E-state index >= 15 is 0 Å². The van der Waals surface area contributed by atoms with E-state index < -0.39 is 0 Å². The van der Waals surface area contributed by atoms with Crippen LogP contribution in [0.4, 0.5) is 0 Å². The van der Waals surface area contributed by atoms with Gasteiger partial charge in [-0.1, -0.05) is 12.1 Å². The monoisotopic (exact) mass is 292 g/mol. The van der Waals surface area contributed by atoms with Crippen molar-refractivity contribution in [2.24, 2.45) is 0 Å². The summed E-state index contributed by atoms with van der Waals surface area (Å²) in [5, 5.41) is 6.24. The van der Waals surface area contributed by atoms with Crippen LogP contribution in [0, 0.1) is 0 Å². The maximum absolute atomic E-state index is 12.3. The number of ether oxygens (including phenoxy) is 2. The Morgan fingerprint density at radius 3 is 3.10 bits per heavy atom. The fourth-order valence-electron chi connectivity index (χ4n) is 2.56. The first-order valence-corrected chi connectivity index (χ1v) is 7.38. The van der Waals surface area contributed by atoms with Crippen LogP contribution < -0.4 is 15.4 Å².